The van der Waals surface area contributed by atoms with Crippen LogP contribution in [0.25, 0.3) is 0 Å². The van der Waals surface area contributed by atoms with Gasteiger partial charge in [-0.05, 0) is 39.0 Å². The number of nitrogens with zero attached hydrogens (tertiary/aromatic N) is 2. The zero-order valence-corrected chi connectivity index (χ0v) is 17.8. The zero-order chi connectivity index (χ0) is 17.2. The van der Waals surface area contributed by atoms with Crippen LogP contribution in [0.15, 0.2) is 9.41 Å². The SMILES string of the molecule is CN=C(NCCCOCC1CCOCC1)NCc1nc(C)c(C)o1.I. The van der Waals surface area contributed by atoms with E-state index < -0.39 is 0 Å². The predicted molar refractivity (Wildman–Crippen MR) is 109 cm³/mol. The molecule has 1 aromatic rings. The van der Waals surface area contributed by atoms with Gasteiger partial charge in [0.15, 0.2) is 5.96 Å². The number of ether oxygens (including phenoxy) is 2. The van der Waals surface area contributed by atoms with Gasteiger partial charge in [-0.1, -0.05) is 0 Å². The van der Waals surface area contributed by atoms with Crippen molar-refractivity contribution in [2.75, 3.05) is 40.0 Å². The number of aromatic nitrogens is 1. The van der Waals surface area contributed by atoms with Crippen LogP contribution < -0.4 is 10.6 Å². The minimum atomic E-state index is 0. The van der Waals surface area contributed by atoms with Gasteiger partial charge in [0.25, 0.3) is 0 Å². The summed E-state index contributed by atoms with van der Waals surface area (Å²) < 4.78 is 16.6. The zero-order valence-electron chi connectivity index (χ0n) is 15.5. The molecule has 2 rings (SSSR count). The minimum absolute atomic E-state index is 0. The molecule has 0 radical (unpaired) electrons. The molecule has 0 spiro atoms. The number of hydrogen-bond acceptors (Lipinski definition) is 5. The molecule has 0 bridgehead atoms. The lowest BCUT2D eigenvalue weighted by Crippen LogP contribution is -2.37. The standard InChI is InChI=1S/C17H30N4O3.HI/c1-13-14(2)24-16(21-13)11-20-17(18-3)19-7-4-8-23-12-15-5-9-22-10-6-15;/h15H,4-12H2,1-3H3,(H2,18,19,20);1H. The summed E-state index contributed by atoms with van der Waals surface area (Å²) in [6.07, 6.45) is 3.18. The first-order valence-corrected chi connectivity index (χ1v) is 8.72. The fraction of sp³-hybridized carbons (Fsp3) is 0.765. The van der Waals surface area contributed by atoms with Crippen molar-refractivity contribution in [3.8, 4) is 0 Å². The Morgan fingerprint density at radius 2 is 2.04 bits per heavy atom. The topological polar surface area (TPSA) is 80.9 Å². The Kier molecular flexibility index (Phi) is 11.1. The van der Waals surface area contributed by atoms with E-state index in [4.69, 9.17) is 13.9 Å². The molecule has 1 aliphatic rings. The first kappa shape index (κ1) is 22.2. The number of aryl methyl sites for hydroxylation is 2. The molecule has 0 aromatic carbocycles. The molecule has 0 unspecified atom stereocenters. The molecular weight excluding hydrogens is 435 g/mol. The summed E-state index contributed by atoms with van der Waals surface area (Å²) in [6.45, 7) is 8.56. The molecule has 0 saturated carbocycles. The maximum absolute atomic E-state index is 5.75. The van der Waals surface area contributed by atoms with Crippen LogP contribution in [-0.2, 0) is 16.0 Å². The molecule has 144 valence electrons. The van der Waals surface area contributed by atoms with Crippen molar-refractivity contribution in [1.82, 2.24) is 15.6 Å². The van der Waals surface area contributed by atoms with Crippen molar-refractivity contribution < 1.29 is 13.9 Å². The van der Waals surface area contributed by atoms with Crippen LogP contribution in [0.1, 0.15) is 36.6 Å². The summed E-state index contributed by atoms with van der Waals surface area (Å²) in [5.41, 5.74) is 0.927. The van der Waals surface area contributed by atoms with E-state index in [1.54, 1.807) is 7.05 Å². The highest BCUT2D eigenvalue weighted by Crippen LogP contribution is 2.14. The molecule has 1 fully saturated rings. The Labute approximate surface area is 167 Å². The lowest BCUT2D eigenvalue weighted by atomic mass is 10.0. The van der Waals surface area contributed by atoms with Crippen molar-refractivity contribution in [1.29, 1.82) is 0 Å². The highest BCUT2D eigenvalue weighted by atomic mass is 127. The molecule has 7 nitrogen and oxygen atoms in total. The fourth-order valence-corrected chi connectivity index (χ4v) is 2.54. The van der Waals surface area contributed by atoms with Gasteiger partial charge in [-0.2, -0.15) is 0 Å². The average molecular weight is 466 g/mol. The normalized spacial score (nSPS) is 15.7. The molecule has 1 aromatic heterocycles. The quantitative estimate of drug-likeness (QED) is 0.265. The molecule has 0 aliphatic carbocycles. The lowest BCUT2D eigenvalue weighted by Gasteiger charge is -2.21. The predicted octanol–water partition coefficient (Wildman–Crippen LogP) is 2.41. The first-order chi connectivity index (χ1) is 11.7. The van der Waals surface area contributed by atoms with Crippen LogP contribution >= 0.6 is 24.0 Å². The maximum Gasteiger partial charge on any atom is 0.214 e. The summed E-state index contributed by atoms with van der Waals surface area (Å²) >= 11 is 0. The highest BCUT2D eigenvalue weighted by molar-refractivity contribution is 14.0. The summed E-state index contributed by atoms with van der Waals surface area (Å²) in [6, 6.07) is 0. The number of hydrogen-bond donors (Lipinski definition) is 2. The van der Waals surface area contributed by atoms with E-state index in [1.165, 1.54) is 0 Å². The molecule has 1 saturated heterocycles. The summed E-state index contributed by atoms with van der Waals surface area (Å²) in [5.74, 6) is 2.94. The van der Waals surface area contributed by atoms with Crippen molar-refractivity contribution in [2.45, 2.75) is 39.7 Å². The Morgan fingerprint density at radius 3 is 2.68 bits per heavy atom. The van der Waals surface area contributed by atoms with Gasteiger partial charge >= 0.3 is 0 Å². The number of guanidine groups is 1. The van der Waals surface area contributed by atoms with E-state index in [9.17, 15) is 0 Å². The monoisotopic (exact) mass is 466 g/mol. The number of halogens is 1. The lowest BCUT2D eigenvalue weighted by molar-refractivity contribution is 0.0203. The first-order valence-electron chi connectivity index (χ1n) is 8.72. The van der Waals surface area contributed by atoms with Gasteiger partial charge in [0.2, 0.25) is 5.89 Å². The van der Waals surface area contributed by atoms with Crippen LogP contribution in [-0.4, -0.2) is 51.0 Å². The Hall–Kier alpha value is -0.870. The highest BCUT2D eigenvalue weighted by Gasteiger charge is 2.13. The molecule has 8 heteroatoms. The summed E-state index contributed by atoms with van der Waals surface area (Å²) in [7, 11) is 1.75. The van der Waals surface area contributed by atoms with Crippen LogP contribution in [0, 0.1) is 19.8 Å². The Morgan fingerprint density at radius 1 is 1.28 bits per heavy atom. The van der Waals surface area contributed by atoms with Gasteiger partial charge in [-0.15, -0.1) is 24.0 Å². The second-order valence-electron chi connectivity index (χ2n) is 6.09. The van der Waals surface area contributed by atoms with Gasteiger partial charge in [-0.25, -0.2) is 4.98 Å². The van der Waals surface area contributed by atoms with Crippen LogP contribution in [0.4, 0.5) is 0 Å². The van der Waals surface area contributed by atoms with Gasteiger partial charge in [0, 0.05) is 40.0 Å². The minimum Gasteiger partial charge on any atom is -0.444 e. The summed E-state index contributed by atoms with van der Waals surface area (Å²) in [4.78, 5) is 8.53. The largest absolute Gasteiger partial charge is 0.444 e. The number of aliphatic imine (C=N–C) groups is 1. The number of oxazole rings is 1. The van der Waals surface area contributed by atoms with E-state index in [0.29, 0.717) is 18.4 Å². The van der Waals surface area contributed by atoms with E-state index >= 15 is 0 Å². The molecule has 25 heavy (non-hydrogen) atoms. The average Bonchev–Trinajstić information content (AvgIpc) is 2.92. The smallest absolute Gasteiger partial charge is 0.214 e. The van der Waals surface area contributed by atoms with Gasteiger partial charge in [0.05, 0.1) is 12.2 Å². The third-order valence-electron chi connectivity index (χ3n) is 4.16. The summed E-state index contributed by atoms with van der Waals surface area (Å²) in [5, 5.41) is 6.47. The van der Waals surface area contributed by atoms with Crippen molar-refractivity contribution in [2.24, 2.45) is 10.9 Å². The second kappa shape index (κ2) is 12.5. The van der Waals surface area contributed by atoms with Crippen LogP contribution in [0.2, 0.25) is 0 Å². The maximum atomic E-state index is 5.75. The number of rotatable bonds is 8. The van der Waals surface area contributed by atoms with E-state index in [-0.39, 0.29) is 24.0 Å². The van der Waals surface area contributed by atoms with E-state index in [0.717, 1.165) is 69.6 Å². The van der Waals surface area contributed by atoms with Gasteiger partial charge in [0.1, 0.15) is 5.76 Å². The number of nitrogens with one attached hydrogen (secondary N) is 2. The molecule has 0 amide bonds. The van der Waals surface area contributed by atoms with Gasteiger partial charge in [-0.3, -0.25) is 4.99 Å². The third kappa shape index (κ3) is 8.37. The van der Waals surface area contributed by atoms with Crippen molar-refractivity contribution in [3.05, 3.63) is 17.3 Å². The Balaban J connectivity index is 0.00000312. The second-order valence-corrected chi connectivity index (χ2v) is 6.09. The molecule has 2 N–H and O–H groups in total. The third-order valence-corrected chi connectivity index (χ3v) is 4.16. The van der Waals surface area contributed by atoms with Crippen molar-refractivity contribution in [3.63, 3.8) is 0 Å². The molecule has 1 aliphatic heterocycles. The molecule has 2 heterocycles. The fourth-order valence-electron chi connectivity index (χ4n) is 2.54. The van der Waals surface area contributed by atoms with Crippen LogP contribution in [0.5, 0.6) is 0 Å². The van der Waals surface area contributed by atoms with E-state index in [1.807, 2.05) is 13.8 Å². The van der Waals surface area contributed by atoms with E-state index in [2.05, 4.69) is 20.6 Å². The Bertz CT molecular complexity index is 496. The molecule has 0 atom stereocenters. The van der Waals surface area contributed by atoms with Gasteiger partial charge < -0.3 is 24.5 Å². The van der Waals surface area contributed by atoms with Crippen LogP contribution in [0.3, 0.4) is 0 Å². The molecular formula is C17H31IN4O3. The van der Waals surface area contributed by atoms with Crippen molar-refractivity contribution >= 4 is 29.9 Å².